The second kappa shape index (κ2) is 6.85. The van der Waals surface area contributed by atoms with Crippen LogP contribution in [0.5, 0.6) is 0 Å². The molecule has 0 aliphatic heterocycles. The van der Waals surface area contributed by atoms with E-state index in [4.69, 9.17) is 9.84 Å². The molecule has 0 saturated heterocycles. The first kappa shape index (κ1) is 21.3. The zero-order valence-corrected chi connectivity index (χ0v) is 13.0. The van der Waals surface area contributed by atoms with E-state index in [0.29, 0.717) is 25.7 Å². The lowest BCUT2D eigenvalue weighted by Crippen LogP contribution is -2.63. The molecule has 0 heterocycles. The molecule has 1 aliphatic rings. The molecule has 0 radical (unpaired) electrons. The van der Waals surface area contributed by atoms with E-state index in [1.807, 2.05) is 0 Å². The molecule has 0 amide bonds. The summed E-state index contributed by atoms with van der Waals surface area (Å²) in [5.74, 6) is -4.40. The molecule has 1 unspecified atom stereocenters. The lowest BCUT2D eigenvalue weighted by atomic mass is 10.0. The van der Waals surface area contributed by atoms with Crippen LogP contribution in [0.1, 0.15) is 32.6 Å². The van der Waals surface area contributed by atoms with Gasteiger partial charge >= 0.3 is 29.9 Å². The number of esters is 2. The number of hydrogen-bond donors (Lipinski definition) is 1. The molecule has 1 N–H and O–H groups in total. The van der Waals surface area contributed by atoms with Crippen molar-refractivity contribution in [2.75, 3.05) is 0 Å². The third-order valence-corrected chi connectivity index (χ3v) is 3.86. The van der Waals surface area contributed by atoms with Crippen LogP contribution >= 0.6 is 0 Å². The summed E-state index contributed by atoms with van der Waals surface area (Å²) < 4.78 is 84.2. The molecule has 25 heavy (non-hydrogen) atoms. The summed E-state index contributed by atoms with van der Waals surface area (Å²) in [4.78, 5) is 23.2. The van der Waals surface area contributed by atoms with Gasteiger partial charge in [0.05, 0.1) is 0 Å². The van der Waals surface area contributed by atoms with Gasteiger partial charge in [0.2, 0.25) is 0 Å². The first-order valence-electron chi connectivity index (χ1n) is 7.13. The van der Waals surface area contributed by atoms with Gasteiger partial charge in [-0.2, -0.15) is 26.3 Å². The molecule has 1 aliphatic carbocycles. The highest BCUT2D eigenvalue weighted by molar-refractivity contribution is 5.85. The van der Waals surface area contributed by atoms with Gasteiger partial charge in [0.15, 0.2) is 6.10 Å². The maximum absolute atomic E-state index is 12.5. The van der Waals surface area contributed by atoms with Gasteiger partial charge < -0.3 is 14.6 Å². The Labute approximate surface area is 138 Å². The van der Waals surface area contributed by atoms with Crippen LogP contribution in [0.15, 0.2) is 12.7 Å². The highest BCUT2D eigenvalue weighted by Gasteiger charge is 2.77. The Morgan fingerprint density at radius 2 is 1.56 bits per heavy atom. The Morgan fingerprint density at radius 3 is 1.92 bits per heavy atom. The molecule has 1 atom stereocenters. The molecule has 144 valence electrons. The number of rotatable bonds is 5. The second-order valence-electron chi connectivity index (χ2n) is 5.65. The van der Waals surface area contributed by atoms with E-state index >= 15 is 0 Å². The predicted molar refractivity (Wildman–Crippen MR) is 70.1 cm³/mol. The number of carbonyl (C=O) groups is 2. The fourth-order valence-corrected chi connectivity index (χ4v) is 2.29. The number of aliphatic hydroxyl groups is 1. The van der Waals surface area contributed by atoms with Crippen LogP contribution < -0.4 is 0 Å². The Bertz CT molecular complexity index is 519. The minimum Gasteiger partial charge on any atom is -0.452 e. The van der Waals surface area contributed by atoms with Crippen LogP contribution in [-0.2, 0) is 19.1 Å². The van der Waals surface area contributed by atoms with Gasteiger partial charge in [0, 0.05) is 0 Å². The molecule has 0 aromatic heterocycles. The molecular formula is C14H16F6O5. The summed E-state index contributed by atoms with van der Waals surface area (Å²) in [5, 5.41) is 8.87. The quantitative estimate of drug-likeness (QED) is 0.453. The van der Waals surface area contributed by atoms with Crippen molar-refractivity contribution in [2.24, 2.45) is 0 Å². The van der Waals surface area contributed by atoms with Crippen LogP contribution in [0, 0.1) is 0 Å². The summed E-state index contributed by atoms with van der Waals surface area (Å²) in [6.45, 7) is 4.20. The van der Waals surface area contributed by atoms with Crippen molar-refractivity contribution < 1.29 is 50.5 Å². The second-order valence-corrected chi connectivity index (χ2v) is 5.65. The Hall–Kier alpha value is -1.78. The molecule has 1 saturated carbocycles. The predicted octanol–water partition coefficient (Wildman–Crippen LogP) is 2.82. The summed E-state index contributed by atoms with van der Waals surface area (Å²) in [6, 6.07) is 0. The Morgan fingerprint density at radius 1 is 1.12 bits per heavy atom. The summed E-state index contributed by atoms with van der Waals surface area (Å²) in [5.41, 5.74) is -6.86. The fourth-order valence-electron chi connectivity index (χ4n) is 2.29. The lowest BCUT2D eigenvalue weighted by molar-refractivity contribution is -0.357. The molecule has 1 fully saturated rings. The molecule has 0 bridgehead atoms. The zero-order valence-electron chi connectivity index (χ0n) is 13.0. The van der Waals surface area contributed by atoms with Crippen LogP contribution in [0.3, 0.4) is 0 Å². The minimum atomic E-state index is -6.39. The largest absolute Gasteiger partial charge is 0.452 e. The van der Waals surface area contributed by atoms with Gasteiger partial charge in [-0.1, -0.05) is 6.58 Å². The molecular weight excluding hydrogens is 362 g/mol. The van der Waals surface area contributed by atoms with Gasteiger partial charge in [-0.05, 0) is 38.7 Å². The van der Waals surface area contributed by atoms with Crippen LogP contribution in [0.25, 0.3) is 0 Å². The molecule has 5 nitrogen and oxygen atoms in total. The van der Waals surface area contributed by atoms with Crippen molar-refractivity contribution >= 4 is 11.9 Å². The standard InChI is InChI=1S/C14H16F6O5/c1-3-11(6-4-5-7-11)25-9(21)8(2)24-10(22)12(23,13(15,16)17)14(18,19)20/h3,8,23H,1,4-7H2,2H3. The van der Waals surface area contributed by atoms with Crippen molar-refractivity contribution in [1.29, 1.82) is 0 Å². The monoisotopic (exact) mass is 378 g/mol. The van der Waals surface area contributed by atoms with E-state index in [1.54, 1.807) is 0 Å². The van der Waals surface area contributed by atoms with E-state index in [-0.39, 0.29) is 0 Å². The average Bonchev–Trinajstić information content (AvgIpc) is 2.92. The van der Waals surface area contributed by atoms with Crippen molar-refractivity contribution in [3.63, 3.8) is 0 Å². The van der Waals surface area contributed by atoms with Gasteiger partial charge in [0.1, 0.15) is 5.60 Å². The molecule has 0 aromatic rings. The fraction of sp³-hybridized carbons (Fsp3) is 0.714. The van der Waals surface area contributed by atoms with E-state index in [1.165, 1.54) is 6.08 Å². The molecule has 1 rings (SSSR count). The van der Waals surface area contributed by atoms with E-state index in [0.717, 1.165) is 6.92 Å². The first-order valence-corrected chi connectivity index (χ1v) is 7.13. The lowest BCUT2D eigenvalue weighted by Gasteiger charge is -2.31. The van der Waals surface area contributed by atoms with Crippen molar-refractivity contribution in [1.82, 2.24) is 0 Å². The Balaban J connectivity index is 2.90. The number of alkyl halides is 6. The third-order valence-electron chi connectivity index (χ3n) is 3.86. The van der Waals surface area contributed by atoms with Crippen molar-refractivity contribution in [2.45, 2.75) is 62.3 Å². The van der Waals surface area contributed by atoms with E-state index in [9.17, 15) is 35.9 Å². The highest BCUT2D eigenvalue weighted by Crippen LogP contribution is 2.44. The smallest absolute Gasteiger partial charge is 0.437 e. The highest BCUT2D eigenvalue weighted by atomic mass is 19.4. The summed E-state index contributed by atoms with van der Waals surface area (Å²) >= 11 is 0. The number of ether oxygens (including phenoxy) is 2. The minimum absolute atomic E-state index is 0.373. The molecule has 0 aromatic carbocycles. The van der Waals surface area contributed by atoms with Crippen molar-refractivity contribution in [3.05, 3.63) is 12.7 Å². The normalized spacial score (nSPS) is 19.2. The van der Waals surface area contributed by atoms with Gasteiger partial charge in [-0.25, -0.2) is 9.59 Å². The van der Waals surface area contributed by atoms with Gasteiger partial charge in [-0.15, -0.1) is 0 Å². The first-order chi connectivity index (χ1) is 11.2. The van der Waals surface area contributed by atoms with Crippen LogP contribution in [0.2, 0.25) is 0 Å². The zero-order chi connectivity index (χ0) is 19.7. The van der Waals surface area contributed by atoms with Crippen LogP contribution in [-0.4, -0.2) is 46.7 Å². The van der Waals surface area contributed by atoms with Crippen LogP contribution in [0.4, 0.5) is 26.3 Å². The number of carbonyl (C=O) groups excluding carboxylic acids is 2. The summed E-state index contributed by atoms with van der Waals surface area (Å²) in [7, 11) is 0. The SMILES string of the molecule is C=CC1(OC(=O)C(C)OC(=O)C(O)(C(F)(F)F)C(F)(F)F)CCCC1. The third kappa shape index (κ3) is 4.07. The van der Waals surface area contributed by atoms with E-state index < -0.39 is 41.6 Å². The Kier molecular flexibility index (Phi) is 5.83. The molecule has 11 heteroatoms. The number of halogens is 6. The molecule has 0 spiro atoms. The van der Waals surface area contributed by atoms with E-state index in [2.05, 4.69) is 11.3 Å². The van der Waals surface area contributed by atoms with Crippen molar-refractivity contribution in [3.8, 4) is 0 Å². The summed E-state index contributed by atoms with van der Waals surface area (Å²) in [6.07, 6.45) is -11.5. The van der Waals surface area contributed by atoms with Gasteiger partial charge in [-0.3, -0.25) is 0 Å². The average molecular weight is 378 g/mol. The maximum atomic E-state index is 12.5. The van der Waals surface area contributed by atoms with Gasteiger partial charge in [0.25, 0.3) is 0 Å². The maximum Gasteiger partial charge on any atom is 0.437 e. The number of hydrogen-bond acceptors (Lipinski definition) is 5. The topological polar surface area (TPSA) is 72.8 Å².